The third kappa shape index (κ3) is 3.23. The average molecular weight is 277 g/mol. The molecule has 4 nitrogen and oxygen atoms in total. The molecule has 2 N–H and O–H groups in total. The van der Waals surface area contributed by atoms with Crippen molar-refractivity contribution in [3.63, 3.8) is 0 Å². The van der Waals surface area contributed by atoms with Crippen molar-refractivity contribution in [1.82, 2.24) is 9.78 Å². The lowest BCUT2D eigenvalue weighted by atomic mass is 10.3. The van der Waals surface area contributed by atoms with Crippen LogP contribution in [0.1, 0.15) is 18.3 Å². The van der Waals surface area contributed by atoms with Gasteiger partial charge in [-0.1, -0.05) is 6.92 Å². The smallest absolute Gasteiger partial charge is 0.134 e. The fourth-order valence-electron chi connectivity index (χ4n) is 1.83. The molecule has 0 atom stereocenters. The zero-order valence-electron chi connectivity index (χ0n) is 11.5. The van der Waals surface area contributed by atoms with Crippen molar-refractivity contribution in [1.29, 1.82) is 0 Å². The number of rotatable bonds is 5. The summed E-state index contributed by atoms with van der Waals surface area (Å²) in [6, 6.07) is 7.89. The number of aryl methyl sites for hydroxylation is 2. The highest BCUT2D eigenvalue weighted by Gasteiger charge is 2.08. The van der Waals surface area contributed by atoms with Crippen molar-refractivity contribution < 1.29 is 4.74 Å². The highest BCUT2D eigenvalue weighted by Crippen LogP contribution is 2.33. The van der Waals surface area contributed by atoms with Gasteiger partial charge in [0.05, 0.1) is 12.8 Å². The van der Waals surface area contributed by atoms with Gasteiger partial charge in [0.2, 0.25) is 0 Å². The van der Waals surface area contributed by atoms with Gasteiger partial charge in [0, 0.05) is 35.1 Å². The van der Waals surface area contributed by atoms with Gasteiger partial charge in [-0.2, -0.15) is 5.10 Å². The van der Waals surface area contributed by atoms with E-state index in [9.17, 15) is 0 Å². The molecule has 1 heterocycles. The number of nitrogen functional groups attached to an aromatic ring is 1. The minimum atomic E-state index is 0.718. The van der Waals surface area contributed by atoms with Crippen molar-refractivity contribution in [3.05, 3.63) is 35.7 Å². The quantitative estimate of drug-likeness (QED) is 0.674. The Morgan fingerprint density at radius 3 is 2.79 bits per heavy atom. The van der Waals surface area contributed by atoms with Crippen LogP contribution in [0.3, 0.4) is 0 Å². The lowest BCUT2D eigenvalue weighted by molar-refractivity contribution is 0.405. The Bertz CT molecular complexity index is 566. The van der Waals surface area contributed by atoms with Crippen LogP contribution in [-0.4, -0.2) is 16.9 Å². The van der Waals surface area contributed by atoms with Crippen molar-refractivity contribution in [2.24, 2.45) is 7.05 Å². The van der Waals surface area contributed by atoms with E-state index in [1.807, 2.05) is 29.9 Å². The molecule has 0 saturated heterocycles. The molecule has 0 bridgehead atoms. The van der Waals surface area contributed by atoms with E-state index in [4.69, 9.17) is 10.5 Å². The van der Waals surface area contributed by atoms with E-state index in [0.29, 0.717) is 0 Å². The summed E-state index contributed by atoms with van der Waals surface area (Å²) in [4.78, 5) is 1.09. The van der Waals surface area contributed by atoms with Crippen molar-refractivity contribution in [2.45, 2.75) is 24.0 Å². The van der Waals surface area contributed by atoms with Crippen molar-refractivity contribution >= 4 is 17.4 Å². The van der Waals surface area contributed by atoms with E-state index in [1.165, 1.54) is 5.69 Å². The summed E-state index contributed by atoms with van der Waals surface area (Å²) in [5.74, 6) is 1.69. The van der Waals surface area contributed by atoms with E-state index in [-0.39, 0.29) is 0 Å². The fourth-order valence-corrected chi connectivity index (χ4v) is 2.86. The lowest BCUT2D eigenvalue weighted by Gasteiger charge is -2.08. The van der Waals surface area contributed by atoms with Gasteiger partial charge in [0.1, 0.15) is 5.75 Å². The minimum Gasteiger partial charge on any atom is -0.496 e. The number of hydrogen-bond acceptors (Lipinski definition) is 4. The summed E-state index contributed by atoms with van der Waals surface area (Å²) in [6.07, 6.45) is 0.962. The van der Waals surface area contributed by atoms with Gasteiger partial charge >= 0.3 is 0 Å². The van der Waals surface area contributed by atoms with Crippen LogP contribution in [0.15, 0.2) is 29.2 Å². The molecule has 5 heteroatoms. The van der Waals surface area contributed by atoms with Gasteiger partial charge < -0.3 is 10.5 Å². The number of anilines is 1. The molecule has 0 aliphatic rings. The fraction of sp³-hybridized carbons (Fsp3) is 0.357. The van der Waals surface area contributed by atoms with E-state index < -0.39 is 0 Å². The first-order chi connectivity index (χ1) is 9.13. The van der Waals surface area contributed by atoms with Crippen LogP contribution in [0.25, 0.3) is 0 Å². The Morgan fingerprint density at radius 1 is 1.37 bits per heavy atom. The Morgan fingerprint density at radius 2 is 2.16 bits per heavy atom. The van der Waals surface area contributed by atoms with Crippen LogP contribution in [0.4, 0.5) is 5.69 Å². The Hall–Kier alpha value is -1.62. The summed E-state index contributed by atoms with van der Waals surface area (Å²) in [7, 11) is 3.65. The lowest BCUT2D eigenvalue weighted by Crippen LogP contribution is -1.97. The summed E-state index contributed by atoms with van der Waals surface area (Å²) in [5, 5.41) is 4.45. The molecule has 0 unspecified atom stereocenters. The molecule has 2 aromatic rings. The molecule has 0 fully saturated rings. The minimum absolute atomic E-state index is 0.718. The zero-order chi connectivity index (χ0) is 13.8. The van der Waals surface area contributed by atoms with Gasteiger partial charge in [-0.3, -0.25) is 4.68 Å². The van der Waals surface area contributed by atoms with E-state index in [1.54, 1.807) is 18.9 Å². The maximum Gasteiger partial charge on any atom is 0.134 e. The number of nitrogens with zero attached hydrogens (tertiary/aromatic N) is 2. The highest BCUT2D eigenvalue weighted by molar-refractivity contribution is 7.98. The second-order valence-electron chi connectivity index (χ2n) is 4.30. The van der Waals surface area contributed by atoms with E-state index in [0.717, 1.165) is 34.2 Å². The van der Waals surface area contributed by atoms with Gasteiger partial charge in [0.25, 0.3) is 0 Å². The predicted octanol–water partition coefficient (Wildman–Crippen LogP) is 2.87. The third-order valence-corrected chi connectivity index (χ3v) is 4.04. The molecular formula is C14H19N3OS. The summed E-state index contributed by atoms with van der Waals surface area (Å²) in [6.45, 7) is 2.11. The third-order valence-electron chi connectivity index (χ3n) is 2.95. The number of benzene rings is 1. The summed E-state index contributed by atoms with van der Waals surface area (Å²) in [5.41, 5.74) is 8.81. The van der Waals surface area contributed by atoms with Crippen LogP contribution < -0.4 is 10.5 Å². The number of ether oxygens (including phenoxy) is 1. The molecule has 0 aliphatic carbocycles. The van der Waals surface area contributed by atoms with Crippen LogP contribution in [-0.2, 0) is 19.2 Å². The van der Waals surface area contributed by atoms with Gasteiger partial charge in [0.15, 0.2) is 0 Å². The van der Waals surface area contributed by atoms with E-state index in [2.05, 4.69) is 18.1 Å². The second kappa shape index (κ2) is 6.02. The van der Waals surface area contributed by atoms with Gasteiger partial charge in [-0.15, -0.1) is 11.8 Å². The first kappa shape index (κ1) is 13.8. The molecule has 0 aliphatic heterocycles. The predicted molar refractivity (Wildman–Crippen MR) is 79.6 cm³/mol. The molecule has 0 radical (unpaired) electrons. The number of hydrogen-bond donors (Lipinski definition) is 1. The van der Waals surface area contributed by atoms with Crippen LogP contribution in [0.2, 0.25) is 0 Å². The number of nitrogens with two attached hydrogens (primary N) is 1. The number of thioether (sulfide) groups is 1. The molecular weight excluding hydrogens is 258 g/mol. The molecule has 0 spiro atoms. The number of aromatic nitrogens is 2. The normalized spacial score (nSPS) is 10.7. The highest BCUT2D eigenvalue weighted by atomic mass is 32.2. The molecule has 102 valence electrons. The van der Waals surface area contributed by atoms with Crippen molar-refractivity contribution in [3.8, 4) is 5.75 Å². The van der Waals surface area contributed by atoms with E-state index >= 15 is 0 Å². The Kier molecular flexibility index (Phi) is 4.37. The molecule has 1 aromatic carbocycles. The Labute approximate surface area is 117 Å². The van der Waals surface area contributed by atoms with Gasteiger partial charge in [-0.05, 0) is 24.6 Å². The maximum atomic E-state index is 5.75. The maximum absolute atomic E-state index is 5.75. The van der Waals surface area contributed by atoms with Crippen LogP contribution in [0, 0.1) is 0 Å². The summed E-state index contributed by atoms with van der Waals surface area (Å²) < 4.78 is 7.29. The first-order valence-electron chi connectivity index (χ1n) is 6.22. The molecule has 0 amide bonds. The van der Waals surface area contributed by atoms with Crippen molar-refractivity contribution in [2.75, 3.05) is 12.8 Å². The monoisotopic (exact) mass is 277 g/mol. The van der Waals surface area contributed by atoms with Crippen LogP contribution in [0.5, 0.6) is 5.75 Å². The van der Waals surface area contributed by atoms with Gasteiger partial charge in [-0.25, -0.2) is 0 Å². The zero-order valence-corrected chi connectivity index (χ0v) is 12.3. The second-order valence-corrected chi connectivity index (χ2v) is 5.32. The number of methoxy groups -OCH3 is 1. The average Bonchev–Trinajstić information content (AvgIpc) is 2.78. The molecule has 2 rings (SSSR count). The first-order valence-corrected chi connectivity index (χ1v) is 7.20. The topological polar surface area (TPSA) is 53.1 Å². The van der Waals surface area contributed by atoms with Crippen LogP contribution >= 0.6 is 11.8 Å². The Balaban J connectivity index is 2.11. The molecule has 1 aromatic heterocycles. The molecule has 0 saturated carbocycles. The summed E-state index contributed by atoms with van der Waals surface area (Å²) >= 11 is 1.73. The standard InChI is InChI=1S/C14H19N3OS/c1-4-11-8-12(17(2)16-11)9-19-14-6-5-10(15)7-13(14)18-3/h5-8H,4,9,15H2,1-3H3. The SMILES string of the molecule is CCc1cc(CSc2ccc(N)cc2OC)n(C)n1. The molecule has 19 heavy (non-hydrogen) atoms. The largest absolute Gasteiger partial charge is 0.496 e.